The van der Waals surface area contributed by atoms with Crippen LogP contribution in [0.5, 0.6) is 0 Å². The molecule has 0 saturated carbocycles. The number of esters is 1. The van der Waals surface area contributed by atoms with Crippen LogP contribution in [0.15, 0.2) is 0 Å². The minimum absolute atomic E-state index is 0.135. The number of carbonyl (C=O) groups excluding carboxylic acids is 2. The molecule has 1 aliphatic heterocycles. The van der Waals surface area contributed by atoms with Crippen molar-refractivity contribution >= 4 is 11.9 Å². The van der Waals surface area contributed by atoms with E-state index in [1.165, 1.54) is 0 Å². The van der Waals surface area contributed by atoms with Gasteiger partial charge in [-0.2, -0.15) is 0 Å². The first-order chi connectivity index (χ1) is 10.2. The lowest BCUT2D eigenvalue weighted by atomic mass is 9.90. The van der Waals surface area contributed by atoms with Crippen LogP contribution < -0.4 is 0 Å². The highest BCUT2D eigenvalue weighted by Gasteiger charge is 2.34. The fraction of sp³-hybridized carbons (Fsp3) is 0.882. The van der Waals surface area contributed by atoms with Crippen LogP contribution in [0, 0.1) is 11.8 Å². The van der Waals surface area contributed by atoms with Gasteiger partial charge in [0.2, 0.25) is 5.91 Å². The van der Waals surface area contributed by atoms with E-state index < -0.39 is 5.60 Å². The summed E-state index contributed by atoms with van der Waals surface area (Å²) in [5.41, 5.74) is -0.479. The van der Waals surface area contributed by atoms with Crippen molar-refractivity contribution in [2.45, 2.75) is 59.0 Å². The second-order valence-electron chi connectivity index (χ2n) is 7.32. The van der Waals surface area contributed by atoms with Crippen LogP contribution in [0.2, 0.25) is 0 Å². The highest BCUT2D eigenvalue weighted by Crippen LogP contribution is 2.25. The zero-order valence-corrected chi connectivity index (χ0v) is 14.7. The number of nitrogens with zero attached hydrogens (tertiary/aromatic N) is 1. The summed E-state index contributed by atoms with van der Waals surface area (Å²) < 4.78 is 10.5. The second kappa shape index (κ2) is 8.51. The molecule has 5 heteroatoms. The summed E-state index contributed by atoms with van der Waals surface area (Å²) in [6.45, 7) is 9.61. The van der Waals surface area contributed by atoms with Gasteiger partial charge in [-0.3, -0.25) is 9.59 Å². The van der Waals surface area contributed by atoms with Gasteiger partial charge in [0.15, 0.2) is 0 Å². The van der Waals surface area contributed by atoms with Crippen LogP contribution in [0.1, 0.15) is 53.4 Å². The molecular formula is C17H31NO4. The van der Waals surface area contributed by atoms with E-state index >= 15 is 0 Å². The van der Waals surface area contributed by atoms with Gasteiger partial charge in [-0.25, -0.2) is 0 Å². The molecule has 22 heavy (non-hydrogen) atoms. The highest BCUT2D eigenvalue weighted by atomic mass is 16.6. The van der Waals surface area contributed by atoms with Crippen LogP contribution in [0.3, 0.4) is 0 Å². The maximum atomic E-state index is 12.3. The van der Waals surface area contributed by atoms with Crippen molar-refractivity contribution in [2.75, 3.05) is 26.8 Å². The molecule has 1 saturated heterocycles. The summed E-state index contributed by atoms with van der Waals surface area (Å²) in [7, 11) is 1.67. The van der Waals surface area contributed by atoms with Gasteiger partial charge >= 0.3 is 5.97 Å². The predicted molar refractivity (Wildman–Crippen MR) is 85.4 cm³/mol. The van der Waals surface area contributed by atoms with Crippen LogP contribution >= 0.6 is 0 Å². The van der Waals surface area contributed by atoms with Crippen molar-refractivity contribution < 1.29 is 19.1 Å². The number of hydrogen-bond donors (Lipinski definition) is 0. The zero-order chi connectivity index (χ0) is 16.8. The lowest BCUT2D eigenvalue weighted by Gasteiger charge is -2.36. The Labute approximate surface area is 134 Å². The summed E-state index contributed by atoms with van der Waals surface area (Å²) in [6.07, 6.45) is 3.04. The van der Waals surface area contributed by atoms with Gasteiger partial charge < -0.3 is 14.4 Å². The number of hydrogen-bond acceptors (Lipinski definition) is 4. The molecule has 1 amide bonds. The topological polar surface area (TPSA) is 55.8 Å². The number of piperidine rings is 1. The molecule has 128 valence electrons. The van der Waals surface area contributed by atoms with Crippen LogP contribution in [-0.4, -0.2) is 49.2 Å². The van der Waals surface area contributed by atoms with E-state index in [1.807, 2.05) is 25.7 Å². The van der Waals surface area contributed by atoms with Crippen molar-refractivity contribution in [2.24, 2.45) is 11.8 Å². The molecule has 0 aliphatic carbocycles. The molecule has 0 bridgehead atoms. The zero-order valence-electron chi connectivity index (χ0n) is 14.7. The Hall–Kier alpha value is -1.10. The van der Waals surface area contributed by atoms with E-state index in [0.717, 1.165) is 25.8 Å². The van der Waals surface area contributed by atoms with Gasteiger partial charge in [-0.15, -0.1) is 0 Å². The lowest BCUT2D eigenvalue weighted by Crippen LogP contribution is -2.46. The van der Waals surface area contributed by atoms with E-state index in [2.05, 4.69) is 6.92 Å². The number of methoxy groups -OCH3 is 1. The highest BCUT2D eigenvalue weighted by molar-refractivity contribution is 5.78. The van der Waals surface area contributed by atoms with Crippen molar-refractivity contribution in [3.63, 3.8) is 0 Å². The Morgan fingerprint density at radius 3 is 2.45 bits per heavy atom. The Morgan fingerprint density at radius 2 is 1.86 bits per heavy atom. The normalized spacial score (nSPS) is 22.5. The molecule has 0 unspecified atom stereocenters. The molecule has 1 aliphatic rings. The summed E-state index contributed by atoms with van der Waals surface area (Å²) in [4.78, 5) is 26.4. The number of likely N-dealkylation sites (tertiary alicyclic amines) is 1. The van der Waals surface area contributed by atoms with E-state index in [9.17, 15) is 9.59 Å². The summed E-state index contributed by atoms with van der Waals surface area (Å²) in [5, 5.41) is 0. The van der Waals surface area contributed by atoms with Gasteiger partial charge in [-0.1, -0.05) is 6.92 Å². The van der Waals surface area contributed by atoms with Gasteiger partial charge in [0.05, 0.1) is 5.92 Å². The van der Waals surface area contributed by atoms with Crippen molar-refractivity contribution in [1.82, 2.24) is 4.90 Å². The number of amides is 1. The molecule has 0 aromatic heterocycles. The maximum Gasteiger partial charge on any atom is 0.311 e. The number of unbranched alkanes of at least 4 members (excludes halogenated alkanes) is 1. The number of carbonyl (C=O) groups is 2. The molecule has 5 nitrogen and oxygen atoms in total. The molecule has 2 atom stereocenters. The smallest absolute Gasteiger partial charge is 0.311 e. The van der Waals surface area contributed by atoms with Crippen molar-refractivity contribution in [3.05, 3.63) is 0 Å². The SMILES string of the molecule is COCCCCC(=O)N1C[C@H](C)C[C@@H](C(=O)OC(C)(C)C)C1. The fourth-order valence-electron chi connectivity index (χ4n) is 2.79. The number of ether oxygens (including phenoxy) is 2. The Bertz CT molecular complexity index is 375. The van der Waals surface area contributed by atoms with E-state index in [-0.39, 0.29) is 17.8 Å². The molecule has 0 spiro atoms. The van der Waals surface area contributed by atoms with E-state index in [4.69, 9.17) is 9.47 Å². The Balaban J connectivity index is 2.52. The lowest BCUT2D eigenvalue weighted by molar-refractivity contribution is -0.163. The third-order valence-electron chi connectivity index (χ3n) is 3.74. The quantitative estimate of drug-likeness (QED) is 0.559. The van der Waals surface area contributed by atoms with Gasteiger partial charge in [0.25, 0.3) is 0 Å². The van der Waals surface area contributed by atoms with Crippen LogP contribution in [-0.2, 0) is 19.1 Å². The first-order valence-electron chi connectivity index (χ1n) is 8.22. The molecule has 0 aromatic carbocycles. The maximum absolute atomic E-state index is 12.3. The largest absolute Gasteiger partial charge is 0.460 e. The third-order valence-corrected chi connectivity index (χ3v) is 3.74. The minimum Gasteiger partial charge on any atom is -0.460 e. The first-order valence-corrected chi connectivity index (χ1v) is 8.22. The van der Waals surface area contributed by atoms with Gasteiger partial charge in [0, 0.05) is 33.2 Å². The average Bonchev–Trinajstić information content (AvgIpc) is 2.41. The van der Waals surface area contributed by atoms with Crippen molar-refractivity contribution in [1.29, 1.82) is 0 Å². The van der Waals surface area contributed by atoms with Crippen LogP contribution in [0.4, 0.5) is 0 Å². The molecule has 0 radical (unpaired) electrons. The van der Waals surface area contributed by atoms with Crippen LogP contribution in [0.25, 0.3) is 0 Å². The van der Waals surface area contributed by atoms with E-state index in [0.29, 0.717) is 25.5 Å². The Morgan fingerprint density at radius 1 is 1.18 bits per heavy atom. The minimum atomic E-state index is -0.479. The summed E-state index contributed by atoms with van der Waals surface area (Å²) in [5.74, 6) is 0.0764. The molecule has 0 aromatic rings. The molecule has 1 heterocycles. The first kappa shape index (κ1) is 18.9. The fourth-order valence-corrected chi connectivity index (χ4v) is 2.79. The molecule has 1 fully saturated rings. The average molecular weight is 313 g/mol. The van der Waals surface area contributed by atoms with E-state index in [1.54, 1.807) is 7.11 Å². The summed E-state index contributed by atoms with van der Waals surface area (Å²) in [6, 6.07) is 0. The molecule has 0 N–H and O–H groups in total. The standard InChI is InChI=1S/C17H31NO4/c1-13-10-14(16(20)22-17(2,3)4)12-18(11-13)15(19)8-6-7-9-21-5/h13-14H,6-12H2,1-5H3/t13-,14-/m1/s1. The predicted octanol–water partition coefficient (Wildman–Crippen LogP) is 2.63. The third kappa shape index (κ3) is 6.77. The van der Waals surface area contributed by atoms with Gasteiger partial charge in [0.1, 0.15) is 5.60 Å². The molecular weight excluding hydrogens is 282 g/mol. The monoisotopic (exact) mass is 313 g/mol. The molecule has 1 rings (SSSR count). The second-order valence-corrected chi connectivity index (χ2v) is 7.32. The summed E-state index contributed by atoms with van der Waals surface area (Å²) >= 11 is 0. The van der Waals surface area contributed by atoms with Crippen molar-refractivity contribution in [3.8, 4) is 0 Å². The van der Waals surface area contributed by atoms with Gasteiger partial charge in [-0.05, 0) is 46.0 Å². The Kier molecular flexibility index (Phi) is 7.33. The number of rotatable bonds is 6.